The van der Waals surface area contributed by atoms with Crippen LogP contribution in [0, 0.1) is 0 Å². The van der Waals surface area contributed by atoms with Gasteiger partial charge in [-0.1, -0.05) is 24.3 Å². The van der Waals surface area contributed by atoms with Gasteiger partial charge in [0.05, 0.1) is 12.0 Å². The highest BCUT2D eigenvalue weighted by Gasteiger charge is 2.24. The normalized spacial score (nSPS) is 20.0. The third-order valence-corrected chi connectivity index (χ3v) is 4.08. The molecule has 0 saturated carbocycles. The second-order valence-corrected chi connectivity index (χ2v) is 5.44. The third kappa shape index (κ3) is 2.18. The molecule has 1 aromatic heterocycles. The lowest BCUT2D eigenvalue weighted by Crippen LogP contribution is -2.13. The van der Waals surface area contributed by atoms with Gasteiger partial charge in [-0.2, -0.15) is 0 Å². The van der Waals surface area contributed by atoms with E-state index in [1.165, 1.54) is 5.57 Å². The maximum absolute atomic E-state index is 10.7. The van der Waals surface area contributed by atoms with Crippen LogP contribution in [0.15, 0.2) is 61.4 Å². The minimum Gasteiger partial charge on any atom is -0.463 e. The number of ether oxygens (including phenoxy) is 1. The molecule has 2 aromatic rings. The Kier molecular flexibility index (Phi) is 3.16. The molecule has 0 radical (unpaired) electrons. The van der Waals surface area contributed by atoms with Crippen LogP contribution in [0.25, 0.3) is 11.3 Å². The molecule has 0 spiro atoms. The van der Waals surface area contributed by atoms with E-state index in [4.69, 9.17) is 4.74 Å². The van der Waals surface area contributed by atoms with E-state index in [1.807, 2.05) is 18.2 Å². The average Bonchev–Trinajstić information content (AvgIpc) is 3.10. The van der Waals surface area contributed by atoms with Crippen molar-refractivity contribution in [2.75, 3.05) is 0 Å². The highest BCUT2D eigenvalue weighted by Crippen LogP contribution is 2.38. The van der Waals surface area contributed by atoms with Crippen molar-refractivity contribution < 1.29 is 9.84 Å². The van der Waals surface area contributed by atoms with Crippen LogP contribution in [0.5, 0.6) is 5.75 Å². The maximum Gasteiger partial charge on any atom is 0.132 e. The number of imidazole rings is 1. The van der Waals surface area contributed by atoms with Gasteiger partial charge in [-0.05, 0) is 36.1 Å². The number of rotatable bonds is 2. The van der Waals surface area contributed by atoms with E-state index in [0.29, 0.717) is 11.4 Å². The van der Waals surface area contributed by atoms with Crippen LogP contribution >= 0.6 is 0 Å². The van der Waals surface area contributed by atoms with E-state index in [1.54, 1.807) is 29.6 Å². The fraction of sp³-hybridized carbons (Fsp3) is 0.167. The summed E-state index contributed by atoms with van der Waals surface area (Å²) in [6.45, 7) is 0. The van der Waals surface area contributed by atoms with Gasteiger partial charge in [-0.15, -0.1) is 0 Å². The van der Waals surface area contributed by atoms with Crippen molar-refractivity contribution in [3.05, 3.63) is 72.5 Å². The number of allylic oxidation sites excluding steroid dienone is 4. The molecule has 1 atom stereocenters. The number of hydrogen-bond donors (Lipinski definition) is 1. The Bertz CT molecular complexity index is 785. The first-order valence-electron chi connectivity index (χ1n) is 7.36. The van der Waals surface area contributed by atoms with Crippen molar-refractivity contribution in [1.29, 1.82) is 0 Å². The van der Waals surface area contributed by atoms with Gasteiger partial charge < -0.3 is 14.4 Å². The summed E-state index contributed by atoms with van der Waals surface area (Å²) in [5, 5.41) is 10.7. The van der Waals surface area contributed by atoms with Gasteiger partial charge in [0.25, 0.3) is 0 Å². The SMILES string of the molecule is OC1C(n2ccnc2)=COc2ccc(C3=CC=CCC3)cc21. The van der Waals surface area contributed by atoms with Gasteiger partial charge in [0, 0.05) is 18.0 Å². The zero-order valence-corrected chi connectivity index (χ0v) is 12.0. The first-order valence-corrected chi connectivity index (χ1v) is 7.36. The van der Waals surface area contributed by atoms with Crippen LogP contribution < -0.4 is 4.74 Å². The predicted octanol–water partition coefficient (Wildman–Crippen LogP) is 3.54. The highest BCUT2D eigenvalue weighted by atomic mass is 16.5. The maximum atomic E-state index is 10.7. The van der Waals surface area contributed by atoms with E-state index in [0.717, 1.165) is 24.0 Å². The molecule has 4 heteroatoms. The Morgan fingerprint density at radius 2 is 2.27 bits per heavy atom. The van der Waals surface area contributed by atoms with Crippen molar-refractivity contribution in [2.45, 2.75) is 18.9 Å². The van der Waals surface area contributed by atoms with Gasteiger partial charge in [-0.25, -0.2) is 4.98 Å². The molecule has 2 aliphatic rings. The van der Waals surface area contributed by atoms with E-state index < -0.39 is 6.10 Å². The number of aliphatic hydroxyl groups excluding tert-OH is 1. The van der Waals surface area contributed by atoms with Crippen molar-refractivity contribution in [1.82, 2.24) is 9.55 Å². The molecule has 110 valence electrons. The van der Waals surface area contributed by atoms with E-state index in [-0.39, 0.29) is 0 Å². The van der Waals surface area contributed by atoms with Crippen LogP contribution in [0.3, 0.4) is 0 Å². The molecule has 2 heterocycles. The standard InChI is InChI=1S/C18H16N2O2/c21-18-15-10-14(13-4-2-1-3-5-13)6-7-17(15)22-11-16(18)20-9-8-19-12-20/h1-2,4,6-12,18,21H,3,5H2. The minimum absolute atomic E-state index is 0.666. The smallest absolute Gasteiger partial charge is 0.132 e. The summed E-state index contributed by atoms with van der Waals surface area (Å²) in [6, 6.07) is 6.00. The second kappa shape index (κ2) is 5.31. The molecule has 22 heavy (non-hydrogen) atoms. The second-order valence-electron chi connectivity index (χ2n) is 5.44. The largest absolute Gasteiger partial charge is 0.463 e. The first-order chi connectivity index (χ1) is 10.8. The Morgan fingerprint density at radius 1 is 1.32 bits per heavy atom. The molecule has 1 aromatic carbocycles. The summed E-state index contributed by atoms with van der Waals surface area (Å²) in [4.78, 5) is 4.02. The van der Waals surface area contributed by atoms with Gasteiger partial charge in [-0.3, -0.25) is 0 Å². The molecule has 0 fully saturated rings. The molecule has 4 rings (SSSR count). The van der Waals surface area contributed by atoms with Crippen molar-refractivity contribution in [3.8, 4) is 5.75 Å². The summed E-state index contributed by atoms with van der Waals surface area (Å²) in [5.41, 5.74) is 3.88. The number of aromatic nitrogens is 2. The summed E-state index contributed by atoms with van der Waals surface area (Å²) < 4.78 is 7.44. The van der Waals surface area contributed by atoms with Crippen LogP contribution in [-0.2, 0) is 0 Å². The van der Waals surface area contributed by atoms with Crippen LogP contribution in [0.2, 0.25) is 0 Å². The summed E-state index contributed by atoms with van der Waals surface area (Å²) in [5.74, 6) is 0.701. The molecule has 4 nitrogen and oxygen atoms in total. The Hall–Kier alpha value is -2.59. The number of aliphatic hydroxyl groups is 1. The number of fused-ring (bicyclic) bond motifs is 1. The monoisotopic (exact) mass is 292 g/mol. The summed E-state index contributed by atoms with van der Waals surface area (Å²) in [7, 11) is 0. The molecule has 1 unspecified atom stereocenters. The highest BCUT2D eigenvalue weighted by molar-refractivity contribution is 5.71. The van der Waals surface area contributed by atoms with Crippen molar-refractivity contribution in [3.63, 3.8) is 0 Å². The average molecular weight is 292 g/mol. The molecule has 1 N–H and O–H groups in total. The van der Waals surface area contributed by atoms with Crippen molar-refractivity contribution >= 4 is 11.3 Å². The van der Waals surface area contributed by atoms with Gasteiger partial charge >= 0.3 is 0 Å². The molecule has 1 aliphatic carbocycles. The van der Waals surface area contributed by atoms with E-state index in [9.17, 15) is 5.11 Å². The van der Waals surface area contributed by atoms with Gasteiger partial charge in [0.2, 0.25) is 0 Å². The van der Waals surface area contributed by atoms with Crippen LogP contribution in [0.1, 0.15) is 30.1 Å². The van der Waals surface area contributed by atoms with Gasteiger partial charge in [0.15, 0.2) is 0 Å². The fourth-order valence-electron chi connectivity index (χ4n) is 2.87. The number of nitrogens with zero attached hydrogens (tertiary/aromatic N) is 2. The molecular weight excluding hydrogens is 276 g/mol. The first kappa shape index (κ1) is 13.1. The van der Waals surface area contributed by atoms with E-state index in [2.05, 4.69) is 23.2 Å². The van der Waals surface area contributed by atoms with E-state index >= 15 is 0 Å². The zero-order chi connectivity index (χ0) is 14.9. The lowest BCUT2D eigenvalue weighted by atomic mass is 9.93. The summed E-state index contributed by atoms with van der Waals surface area (Å²) >= 11 is 0. The minimum atomic E-state index is -0.724. The number of benzene rings is 1. The Balaban J connectivity index is 1.72. The number of hydrogen-bond acceptors (Lipinski definition) is 3. The molecule has 0 amide bonds. The quantitative estimate of drug-likeness (QED) is 0.921. The molecule has 1 aliphatic heterocycles. The fourth-order valence-corrected chi connectivity index (χ4v) is 2.87. The van der Waals surface area contributed by atoms with Gasteiger partial charge in [0.1, 0.15) is 18.1 Å². The van der Waals surface area contributed by atoms with Crippen molar-refractivity contribution in [2.24, 2.45) is 0 Å². The predicted molar refractivity (Wildman–Crippen MR) is 84.9 cm³/mol. The van der Waals surface area contributed by atoms with Crippen LogP contribution in [-0.4, -0.2) is 14.7 Å². The Labute approximate surface area is 128 Å². The molecule has 0 bridgehead atoms. The van der Waals surface area contributed by atoms with Crippen LogP contribution in [0.4, 0.5) is 0 Å². The lowest BCUT2D eigenvalue weighted by Gasteiger charge is -2.24. The summed E-state index contributed by atoms with van der Waals surface area (Å²) in [6.07, 6.45) is 14.4. The third-order valence-electron chi connectivity index (χ3n) is 4.08. The molecular formula is C18H16N2O2. The molecule has 0 saturated heterocycles. The lowest BCUT2D eigenvalue weighted by molar-refractivity contribution is 0.217. The topological polar surface area (TPSA) is 47.3 Å². The zero-order valence-electron chi connectivity index (χ0n) is 12.0. The Morgan fingerprint density at radius 3 is 3.05 bits per heavy atom.